The molecule has 5 rings (SSSR count). The number of benzene rings is 2. The maximum atomic E-state index is 13.4. The van der Waals surface area contributed by atoms with Crippen LogP contribution in [0.15, 0.2) is 59.6 Å². The Bertz CT molecular complexity index is 1500. The molecule has 0 spiro atoms. The van der Waals surface area contributed by atoms with E-state index in [4.69, 9.17) is 22.1 Å². The molecule has 0 N–H and O–H groups in total. The summed E-state index contributed by atoms with van der Waals surface area (Å²) in [4.78, 5) is 15.3. The number of amides is 1. The lowest BCUT2D eigenvalue weighted by molar-refractivity contribution is -0.123. The van der Waals surface area contributed by atoms with E-state index in [0.717, 1.165) is 40.2 Å². The molecule has 1 atom stereocenters. The zero-order chi connectivity index (χ0) is 26.2. The number of thioether (sulfide) groups is 1. The van der Waals surface area contributed by atoms with Crippen LogP contribution in [0.4, 0.5) is 0 Å². The van der Waals surface area contributed by atoms with Crippen LogP contribution in [0.1, 0.15) is 30.9 Å². The minimum Gasteiger partial charge on any atom is -0.494 e. The molecule has 2 aliphatic heterocycles. The Morgan fingerprint density at radius 3 is 2.68 bits per heavy atom. The minimum atomic E-state index is -3.15. The van der Waals surface area contributed by atoms with E-state index in [9.17, 15) is 13.2 Å². The summed E-state index contributed by atoms with van der Waals surface area (Å²) >= 11 is 6.70. The molecule has 1 amide bonds. The van der Waals surface area contributed by atoms with Gasteiger partial charge in [0.2, 0.25) is 0 Å². The number of rotatable bonds is 7. The molecule has 2 aliphatic rings. The van der Waals surface area contributed by atoms with Crippen molar-refractivity contribution in [2.45, 2.75) is 32.7 Å². The summed E-state index contributed by atoms with van der Waals surface area (Å²) in [6.45, 7) is 4.73. The number of para-hydroxylation sites is 1. The third-order valence-corrected chi connectivity index (χ3v) is 9.45. The number of thiocarbonyl (C=S) groups is 1. The topological polar surface area (TPSA) is 81.5 Å². The van der Waals surface area contributed by atoms with Crippen LogP contribution in [0, 0.1) is 6.92 Å². The second kappa shape index (κ2) is 10.4. The average molecular weight is 554 g/mol. The van der Waals surface area contributed by atoms with E-state index in [0.29, 0.717) is 22.3 Å². The fraction of sp³-hybridized carbons (Fsp3) is 0.296. The third-order valence-electron chi connectivity index (χ3n) is 6.37. The van der Waals surface area contributed by atoms with Crippen LogP contribution in [0.3, 0.4) is 0 Å². The van der Waals surface area contributed by atoms with Gasteiger partial charge >= 0.3 is 0 Å². The molecule has 0 saturated carbocycles. The second-order valence-corrected chi connectivity index (χ2v) is 13.1. The van der Waals surface area contributed by atoms with Gasteiger partial charge in [0, 0.05) is 17.3 Å². The standard InChI is InChI=1S/C27H27N3O4S3/c1-3-12-34-22-9-10-23(18(2)14-22)25-19(16-29(28-25)20-7-5-4-6-8-20)15-24-26(31)30(27(35)36-24)21-11-13-37(32,33)17-21/h4-10,14-16,21H,3,11-13,17H2,1-2H3/b24-15+/t21-/m1/s1. The molecule has 0 unspecified atom stereocenters. The highest BCUT2D eigenvalue weighted by Crippen LogP contribution is 2.38. The summed E-state index contributed by atoms with van der Waals surface area (Å²) < 4.78 is 32.0. The number of hydrogen-bond acceptors (Lipinski definition) is 7. The number of carbonyl (C=O) groups excluding carboxylic acids is 1. The summed E-state index contributed by atoms with van der Waals surface area (Å²) in [6, 6.07) is 15.3. The largest absolute Gasteiger partial charge is 0.494 e. The number of sulfone groups is 1. The van der Waals surface area contributed by atoms with Gasteiger partial charge in [0.25, 0.3) is 5.91 Å². The van der Waals surface area contributed by atoms with Gasteiger partial charge in [0.05, 0.1) is 34.7 Å². The molecule has 3 aromatic rings. The van der Waals surface area contributed by atoms with E-state index in [-0.39, 0.29) is 17.4 Å². The van der Waals surface area contributed by atoms with Crippen molar-refractivity contribution in [2.24, 2.45) is 0 Å². The lowest BCUT2D eigenvalue weighted by Gasteiger charge is -2.20. The lowest BCUT2D eigenvalue weighted by atomic mass is 10.0. The van der Waals surface area contributed by atoms with Crippen LogP contribution >= 0.6 is 24.0 Å². The summed E-state index contributed by atoms with van der Waals surface area (Å²) in [6.07, 6.45) is 5.05. The van der Waals surface area contributed by atoms with E-state index < -0.39 is 15.9 Å². The Morgan fingerprint density at radius 2 is 2.00 bits per heavy atom. The minimum absolute atomic E-state index is 0.0461. The van der Waals surface area contributed by atoms with E-state index in [1.807, 2.05) is 67.7 Å². The SMILES string of the molecule is CCCOc1ccc(-c2nn(-c3ccccc3)cc2/C=C2/SC(=S)N([C@@H]3CCS(=O)(=O)C3)C2=O)c(C)c1. The summed E-state index contributed by atoms with van der Waals surface area (Å²) in [7, 11) is -3.15. The Kier molecular flexibility index (Phi) is 7.24. The van der Waals surface area contributed by atoms with E-state index >= 15 is 0 Å². The van der Waals surface area contributed by atoms with Crippen molar-refractivity contribution in [2.75, 3.05) is 18.1 Å². The summed E-state index contributed by atoms with van der Waals surface area (Å²) in [5, 5.41) is 4.89. The lowest BCUT2D eigenvalue weighted by Crippen LogP contribution is -2.39. The van der Waals surface area contributed by atoms with Crippen LogP contribution < -0.4 is 4.74 Å². The molecule has 0 aliphatic carbocycles. The highest BCUT2D eigenvalue weighted by Gasteiger charge is 2.42. The van der Waals surface area contributed by atoms with Crippen molar-refractivity contribution < 1.29 is 17.9 Å². The molecular weight excluding hydrogens is 527 g/mol. The molecule has 0 bridgehead atoms. The molecule has 7 nitrogen and oxygen atoms in total. The van der Waals surface area contributed by atoms with Gasteiger partial charge < -0.3 is 4.74 Å². The van der Waals surface area contributed by atoms with Crippen LogP contribution in [0.2, 0.25) is 0 Å². The van der Waals surface area contributed by atoms with Crippen molar-refractivity contribution >= 4 is 50.1 Å². The molecule has 3 heterocycles. The Labute approximate surface area is 226 Å². The number of aromatic nitrogens is 2. The first-order chi connectivity index (χ1) is 17.8. The van der Waals surface area contributed by atoms with Gasteiger partial charge in [-0.15, -0.1) is 0 Å². The van der Waals surface area contributed by atoms with Crippen molar-refractivity contribution in [3.63, 3.8) is 0 Å². The predicted molar refractivity (Wildman–Crippen MR) is 152 cm³/mol. The molecule has 1 aromatic heterocycles. The highest BCUT2D eigenvalue weighted by molar-refractivity contribution is 8.26. The molecule has 0 radical (unpaired) electrons. The van der Waals surface area contributed by atoms with Crippen LogP contribution in [0.5, 0.6) is 5.75 Å². The van der Waals surface area contributed by atoms with Crippen LogP contribution in [-0.2, 0) is 14.6 Å². The number of hydrogen-bond donors (Lipinski definition) is 0. The normalized spacial score (nSPS) is 20.2. The third kappa shape index (κ3) is 5.37. The van der Waals surface area contributed by atoms with Gasteiger partial charge in [-0.1, -0.05) is 49.1 Å². The van der Waals surface area contributed by atoms with Crippen molar-refractivity contribution in [3.05, 3.63) is 70.8 Å². The molecule has 10 heteroatoms. The average Bonchev–Trinajstić information content (AvgIpc) is 3.53. The first kappa shape index (κ1) is 25.7. The fourth-order valence-electron chi connectivity index (χ4n) is 4.54. The number of aryl methyl sites for hydroxylation is 1. The van der Waals surface area contributed by atoms with E-state index in [1.54, 1.807) is 4.68 Å². The van der Waals surface area contributed by atoms with E-state index in [1.165, 1.54) is 16.7 Å². The maximum absolute atomic E-state index is 13.4. The van der Waals surface area contributed by atoms with Crippen LogP contribution in [-0.4, -0.2) is 57.5 Å². The summed E-state index contributed by atoms with van der Waals surface area (Å²) in [5.74, 6) is 0.587. The monoisotopic (exact) mass is 553 g/mol. The number of ether oxygens (including phenoxy) is 1. The molecular formula is C27H27N3O4S3. The fourth-order valence-corrected chi connectivity index (χ4v) is 7.63. The Morgan fingerprint density at radius 1 is 1.22 bits per heavy atom. The smallest absolute Gasteiger partial charge is 0.266 e. The number of carbonyl (C=O) groups is 1. The van der Waals surface area contributed by atoms with Gasteiger partial charge in [-0.25, -0.2) is 13.1 Å². The van der Waals surface area contributed by atoms with Gasteiger partial charge in [-0.3, -0.25) is 9.69 Å². The maximum Gasteiger partial charge on any atom is 0.266 e. The summed E-state index contributed by atoms with van der Waals surface area (Å²) in [5.41, 5.74) is 4.34. The van der Waals surface area contributed by atoms with Crippen LogP contribution in [0.25, 0.3) is 23.0 Å². The quantitative estimate of drug-likeness (QED) is 0.300. The molecule has 2 fully saturated rings. The van der Waals surface area contributed by atoms with Crippen molar-refractivity contribution in [3.8, 4) is 22.7 Å². The van der Waals surface area contributed by atoms with Crippen molar-refractivity contribution in [1.29, 1.82) is 0 Å². The van der Waals surface area contributed by atoms with E-state index in [2.05, 4.69) is 6.92 Å². The predicted octanol–water partition coefficient (Wildman–Crippen LogP) is 5.02. The zero-order valence-electron chi connectivity index (χ0n) is 20.6. The zero-order valence-corrected chi connectivity index (χ0v) is 23.0. The van der Waals surface area contributed by atoms with Gasteiger partial charge in [-0.05, 0) is 61.7 Å². The Balaban J connectivity index is 1.54. The van der Waals surface area contributed by atoms with Gasteiger partial charge in [-0.2, -0.15) is 5.10 Å². The van der Waals surface area contributed by atoms with Gasteiger partial charge in [0.1, 0.15) is 15.8 Å². The first-order valence-corrected chi connectivity index (χ1v) is 15.2. The number of nitrogens with zero attached hydrogens (tertiary/aromatic N) is 3. The first-order valence-electron chi connectivity index (χ1n) is 12.1. The molecule has 192 valence electrons. The second-order valence-electron chi connectivity index (χ2n) is 9.15. The molecule has 2 saturated heterocycles. The molecule has 37 heavy (non-hydrogen) atoms. The Hall–Kier alpha value is -2.95. The van der Waals surface area contributed by atoms with Crippen molar-refractivity contribution in [1.82, 2.24) is 14.7 Å². The highest BCUT2D eigenvalue weighted by atomic mass is 32.2. The van der Waals surface area contributed by atoms with Gasteiger partial charge in [0.15, 0.2) is 9.84 Å². The molecule has 2 aromatic carbocycles.